The summed E-state index contributed by atoms with van der Waals surface area (Å²) in [6, 6.07) is 8.02. The van der Waals surface area contributed by atoms with Crippen molar-refractivity contribution in [2.24, 2.45) is 5.92 Å². The Labute approximate surface area is 119 Å². The van der Waals surface area contributed by atoms with Gasteiger partial charge in [-0.25, -0.2) is 0 Å². The van der Waals surface area contributed by atoms with Crippen molar-refractivity contribution < 1.29 is 9.90 Å². The molecule has 1 saturated carbocycles. The summed E-state index contributed by atoms with van der Waals surface area (Å²) in [6.07, 6.45) is 4.05. The molecule has 3 rings (SSSR count). The topological polar surface area (TPSA) is 61.4 Å². The number of benzene rings is 1. The zero-order valence-corrected chi connectivity index (χ0v) is 11.6. The summed E-state index contributed by atoms with van der Waals surface area (Å²) in [7, 11) is 0. The lowest BCUT2D eigenvalue weighted by molar-refractivity contribution is -0.124. The van der Waals surface area contributed by atoms with E-state index in [-0.39, 0.29) is 30.5 Å². The molecule has 4 heteroatoms. The molecule has 1 amide bonds. The first kappa shape index (κ1) is 13.6. The number of hydrogen-bond donors (Lipinski definition) is 3. The fraction of sp³-hybridized carbons (Fsp3) is 0.562. The average Bonchev–Trinajstić information content (AvgIpc) is 2.93. The van der Waals surface area contributed by atoms with Crippen LogP contribution in [0.2, 0.25) is 0 Å². The number of aliphatic hydroxyl groups is 1. The predicted octanol–water partition coefficient (Wildman–Crippen LogP) is 1.15. The minimum atomic E-state index is -0.250. The van der Waals surface area contributed by atoms with Crippen LogP contribution >= 0.6 is 0 Å². The van der Waals surface area contributed by atoms with E-state index in [1.54, 1.807) is 0 Å². The minimum Gasteiger partial charge on any atom is -0.396 e. The Kier molecular flexibility index (Phi) is 4.03. The van der Waals surface area contributed by atoms with Crippen LogP contribution in [0.1, 0.15) is 36.4 Å². The fourth-order valence-electron chi connectivity index (χ4n) is 3.45. The zero-order chi connectivity index (χ0) is 13.9. The maximum atomic E-state index is 12.5. The van der Waals surface area contributed by atoms with Gasteiger partial charge in [0.25, 0.3) is 0 Å². The van der Waals surface area contributed by atoms with Crippen molar-refractivity contribution in [3.63, 3.8) is 0 Å². The van der Waals surface area contributed by atoms with Gasteiger partial charge in [-0.05, 0) is 30.4 Å². The van der Waals surface area contributed by atoms with Gasteiger partial charge in [-0.15, -0.1) is 0 Å². The second-order valence-corrected chi connectivity index (χ2v) is 5.82. The predicted molar refractivity (Wildman–Crippen MR) is 77.2 cm³/mol. The molecule has 4 nitrogen and oxygen atoms in total. The van der Waals surface area contributed by atoms with Gasteiger partial charge in [-0.1, -0.05) is 30.7 Å². The molecule has 2 aliphatic rings. The van der Waals surface area contributed by atoms with E-state index >= 15 is 0 Å². The summed E-state index contributed by atoms with van der Waals surface area (Å²) in [4.78, 5) is 12.5. The van der Waals surface area contributed by atoms with E-state index in [9.17, 15) is 9.90 Å². The van der Waals surface area contributed by atoms with Gasteiger partial charge in [0.15, 0.2) is 0 Å². The number of carbonyl (C=O) groups is 1. The van der Waals surface area contributed by atoms with Gasteiger partial charge >= 0.3 is 0 Å². The van der Waals surface area contributed by atoms with E-state index in [1.165, 1.54) is 5.56 Å². The fourth-order valence-corrected chi connectivity index (χ4v) is 3.45. The molecule has 20 heavy (non-hydrogen) atoms. The van der Waals surface area contributed by atoms with Gasteiger partial charge in [-0.2, -0.15) is 0 Å². The second kappa shape index (κ2) is 5.94. The minimum absolute atomic E-state index is 0.0440. The first-order valence-electron chi connectivity index (χ1n) is 7.52. The van der Waals surface area contributed by atoms with Crippen LogP contribution in [0.3, 0.4) is 0 Å². The molecule has 1 aromatic carbocycles. The highest BCUT2D eigenvalue weighted by atomic mass is 16.3. The number of nitrogens with one attached hydrogen (secondary N) is 2. The highest BCUT2D eigenvalue weighted by Crippen LogP contribution is 2.27. The molecule has 3 atom stereocenters. The van der Waals surface area contributed by atoms with Crippen LogP contribution in [0.4, 0.5) is 0 Å². The Morgan fingerprint density at radius 3 is 3.05 bits per heavy atom. The van der Waals surface area contributed by atoms with Gasteiger partial charge in [0.1, 0.15) is 6.04 Å². The highest BCUT2D eigenvalue weighted by Gasteiger charge is 2.32. The van der Waals surface area contributed by atoms with E-state index in [0.717, 1.165) is 37.8 Å². The van der Waals surface area contributed by atoms with E-state index in [4.69, 9.17) is 0 Å². The molecule has 1 fully saturated rings. The monoisotopic (exact) mass is 274 g/mol. The second-order valence-electron chi connectivity index (χ2n) is 5.82. The van der Waals surface area contributed by atoms with Crippen molar-refractivity contribution in [3.8, 4) is 0 Å². The molecule has 1 aliphatic heterocycles. The van der Waals surface area contributed by atoms with Crippen molar-refractivity contribution in [2.75, 3.05) is 13.2 Å². The Balaban J connectivity index is 1.72. The first-order chi connectivity index (χ1) is 9.79. The number of carbonyl (C=O) groups excluding carboxylic acids is 1. The van der Waals surface area contributed by atoms with Crippen molar-refractivity contribution in [1.82, 2.24) is 10.6 Å². The Morgan fingerprint density at radius 2 is 2.20 bits per heavy atom. The lowest BCUT2D eigenvalue weighted by Gasteiger charge is -2.28. The van der Waals surface area contributed by atoms with E-state index < -0.39 is 0 Å². The molecular formula is C16H22N2O2. The number of aliphatic hydroxyl groups excluding tert-OH is 1. The van der Waals surface area contributed by atoms with Gasteiger partial charge < -0.3 is 15.7 Å². The van der Waals surface area contributed by atoms with Crippen LogP contribution in [-0.2, 0) is 11.2 Å². The summed E-state index contributed by atoms with van der Waals surface area (Å²) >= 11 is 0. The Bertz CT molecular complexity index is 489. The quantitative estimate of drug-likeness (QED) is 0.775. The molecule has 0 saturated heterocycles. The van der Waals surface area contributed by atoms with Gasteiger partial charge in [0.05, 0.1) is 0 Å². The van der Waals surface area contributed by atoms with Crippen LogP contribution in [0, 0.1) is 5.92 Å². The molecule has 3 unspecified atom stereocenters. The molecule has 0 aromatic heterocycles. The van der Waals surface area contributed by atoms with Crippen LogP contribution in [0.25, 0.3) is 0 Å². The highest BCUT2D eigenvalue weighted by molar-refractivity contribution is 5.84. The largest absolute Gasteiger partial charge is 0.396 e. The van der Waals surface area contributed by atoms with E-state index in [2.05, 4.69) is 16.7 Å². The lowest BCUT2D eigenvalue weighted by atomic mass is 9.93. The summed E-state index contributed by atoms with van der Waals surface area (Å²) in [5, 5.41) is 15.8. The average molecular weight is 274 g/mol. The molecule has 0 radical (unpaired) electrons. The third-order valence-electron chi connectivity index (χ3n) is 4.59. The SMILES string of the molecule is O=C(NC1CCCC1CO)C1NCCc2ccccc21. The number of amides is 1. The van der Waals surface area contributed by atoms with Crippen molar-refractivity contribution in [2.45, 2.75) is 37.8 Å². The molecule has 3 N–H and O–H groups in total. The number of rotatable bonds is 3. The van der Waals surface area contributed by atoms with Crippen LogP contribution < -0.4 is 10.6 Å². The summed E-state index contributed by atoms with van der Waals surface area (Å²) < 4.78 is 0. The molecule has 108 valence electrons. The van der Waals surface area contributed by atoms with Crippen LogP contribution in [-0.4, -0.2) is 30.2 Å². The Hall–Kier alpha value is -1.39. The van der Waals surface area contributed by atoms with E-state index in [1.807, 2.05) is 18.2 Å². The zero-order valence-electron chi connectivity index (χ0n) is 11.6. The normalized spacial score (nSPS) is 28.9. The maximum absolute atomic E-state index is 12.5. The number of fused-ring (bicyclic) bond motifs is 1. The Morgan fingerprint density at radius 1 is 1.35 bits per heavy atom. The summed E-state index contributed by atoms with van der Waals surface area (Å²) in [5.41, 5.74) is 2.35. The van der Waals surface area contributed by atoms with Crippen molar-refractivity contribution in [1.29, 1.82) is 0 Å². The third-order valence-corrected chi connectivity index (χ3v) is 4.59. The van der Waals surface area contributed by atoms with Gasteiger partial charge in [-0.3, -0.25) is 4.79 Å². The smallest absolute Gasteiger partial charge is 0.241 e. The molecule has 0 spiro atoms. The number of hydrogen-bond acceptors (Lipinski definition) is 3. The maximum Gasteiger partial charge on any atom is 0.241 e. The molecule has 0 bridgehead atoms. The molecule has 1 aliphatic carbocycles. The van der Waals surface area contributed by atoms with Crippen molar-refractivity contribution >= 4 is 5.91 Å². The van der Waals surface area contributed by atoms with Gasteiger partial charge in [0.2, 0.25) is 5.91 Å². The van der Waals surface area contributed by atoms with E-state index in [0.29, 0.717) is 0 Å². The standard InChI is InChI=1S/C16H22N2O2/c19-10-12-5-3-7-14(12)18-16(20)15-13-6-2-1-4-11(13)8-9-17-15/h1-2,4,6,12,14-15,17,19H,3,5,7-10H2,(H,18,20). The van der Waals surface area contributed by atoms with Crippen molar-refractivity contribution in [3.05, 3.63) is 35.4 Å². The molecular weight excluding hydrogens is 252 g/mol. The van der Waals surface area contributed by atoms with Crippen LogP contribution in [0.15, 0.2) is 24.3 Å². The van der Waals surface area contributed by atoms with Crippen LogP contribution in [0.5, 0.6) is 0 Å². The summed E-state index contributed by atoms with van der Waals surface area (Å²) in [5.74, 6) is 0.264. The van der Waals surface area contributed by atoms with Gasteiger partial charge in [0, 0.05) is 25.1 Å². The first-order valence-corrected chi connectivity index (χ1v) is 7.52. The molecule has 1 aromatic rings. The third kappa shape index (κ3) is 2.58. The molecule has 1 heterocycles. The lowest BCUT2D eigenvalue weighted by Crippen LogP contribution is -2.46. The summed E-state index contributed by atoms with van der Waals surface area (Å²) in [6.45, 7) is 1.00.